The molecule has 0 spiro atoms. The van der Waals surface area contributed by atoms with E-state index in [1.54, 1.807) is 23.9 Å². The van der Waals surface area contributed by atoms with Gasteiger partial charge in [0.1, 0.15) is 18.0 Å². The lowest BCUT2D eigenvalue weighted by Gasteiger charge is -2.18. The second kappa shape index (κ2) is 5.58. The Bertz CT molecular complexity index is 541. The van der Waals surface area contributed by atoms with Crippen LogP contribution in [0.1, 0.15) is 24.4 Å². The minimum atomic E-state index is -0.306. The fraction of sp³-hybridized carbons (Fsp3) is 0.333. The zero-order chi connectivity index (χ0) is 13.1. The van der Waals surface area contributed by atoms with Gasteiger partial charge in [0.05, 0.1) is 6.04 Å². The number of hydrogen-bond acceptors (Lipinski definition) is 3. The average Bonchev–Trinajstić information content (AvgIpc) is 2.76. The summed E-state index contributed by atoms with van der Waals surface area (Å²) >= 11 is 3.36. The van der Waals surface area contributed by atoms with Crippen LogP contribution in [0, 0.1) is 5.82 Å². The molecule has 1 heterocycles. The summed E-state index contributed by atoms with van der Waals surface area (Å²) in [4.78, 5) is 4.19. The topological polar surface area (TPSA) is 42.7 Å². The van der Waals surface area contributed by atoms with Crippen LogP contribution >= 0.6 is 15.9 Å². The van der Waals surface area contributed by atoms with Gasteiger partial charge in [0.2, 0.25) is 0 Å². The summed E-state index contributed by atoms with van der Waals surface area (Å²) < 4.78 is 16.4. The van der Waals surface area contributed by atoms with Gasteiger partial charge in [-0.25, -0.2) is 9.37 Å². The van der Waals surface area contributed by atoms with Crippen molar-refractivity contribution >= 4 is 15.9 Å². The number of aromatic nitrogens is 3. The second-order valence-electron chi connectivity index (χ2n) is 3.90. The van der Waals surface area contributed by atoms with E-state index >= 15 is 0 Å². The van der Waals surface area contributed by atoms with E-state index in [1.807, 2.05) is 6.92 Å². The van der Waals surface area contributed by atoms with Crippen molar-refractivity contribution in [3.8, 4) is 0 Å². The third kappa shape index (κ3) is 2.59. The molecule has 2 rings (SSSR count). The van der Waals surface area contributed by atoms with Gasteiger partial charge in [-0.15, -0.1) is 0 Å². The Hall–Kier alpha value is -1.27. The van der Waals surface area contributed by atoms with Gasteiger partial charge >= 0.3 is 0 Å². The van der Waals surface area contributed by atoms with Crippen LogP contribution in [-0.4, -0.2) is 21.3 Å². The Kier molecular flexibility index (Phi) is 4.08. The van der Waals surface area contributed by atoms with E-state index in [9.17, 15) is 4.39 Å². The fourth-order valence-corrected chi connectivity index (χ4v) is 2.23. The molecule has 2 aromatic rings. The van der Waals surface area contributed by atoms with E-state index in [-0.39, 0.29) is 11.9 Å². The normalized spacial score (nSPS) is 12.7. The summed E-state index contributed by atoms with van der Waals surface area (Å²) in [5.41, 5.74) is 0.558. The molecule has 0 saturated carbocycles. The van der Waals surface area contributed by atoms with E-state index < -0.39 is 0 Å². The number of aryl methyl sites for hydroxylation is 1. The van der Waals surface area contributed by atoms with E-state index in [2.05, 4.69) is 31.3 Å². The largest absolute Gasteiger partial charge is 0.304 e. The molecule has 0 amide bonds. The van der Waals surface area contributed by atoms with Crippen molar-refractivity contribution in [2.45, 2.75) is 13.0 Å². The molecule has 1 unspecified atom stereocenters. The van der Waals surface area contributed by atoms with Crippen molar-refractivity contribution in [2.75, 3.05) is 6.54 Å². The summed E-state index contributed by atoms with van der Waals surface area (Å²) in [5.74, 6) is 0.431. The molecule has 6 heteroatoms. The maximum atomic E-state index is 13.9. The van der Waals surface area contributed by atoms with Gasteiger partial charge in [-0.2, -0.15) is 5.10 Å². The van der Waals surface area contributed by atoms with Crippen molar-refractivity contribution in [1.29, 1.82) is 0 Å². The minimum Gasteiger partial charge on any atom is -0.304 e. The lowest BCUT2D eigenvalue weighted by molar-refractivity contribution is 0.522. The molecule has 0 aliphatic carbocycles. The monoisotopic (exact) mass is 312 g/mol. The molecule has 0 bridgehead atoms. The Labute approximate surface area is 113 Å². The predicted octanol–water partition coefficient (Wildman–Crippen LogP) is 2.42. The van der Waals surface area contributed by atoms with Crippen molar-refractivity contribution in [3.05, 3.63) is 46.2 Å². The first kappa shape index (κ1) is 13.2. The SMILES string of the molecule is CCNC(c1cc(Br)ccc1F)c1ncnn1C. The number of nitrogens with one attached hydrogen (secondary N) is 1. The lowest BCUT2D eigenvalue weighted by Crippen LogP contribution is -2.26. The van der Waals surface area contributed by atoms with Crippen LogP contribution in [-0.2, 0) is 7.05 Å². The van der Waals surface area contributed by atoms with Gasteiger partial charge in [0.15, 0.2) is 0 Å². The summed E-state index contributed by atoms with van der Waals surface area (Å²) in [6, 6.07) is 4.58. The summed E-state index contributed by atoms with van der Waals surface area (Å²) in [5, 5.41) is 7.25. The van der Waals surface area contributed by atoms with Gasteiger partial charge in [0, 0.05) is 17.1 Å². The maximum absolute atomic E-state index is 13.9. The first-order chi connectivity index (χ1) is 8.63. The van der Waals surface area contributed by atoms with Gasteiger partial charge in [-0.3, -0.25) is 4.68 Å². The van der Waals surface area contributed by atoms with E-state index in [0.29, 0.717) is 17.9 Å². The fourth-order valence-electron chi connectivity index (χ4n) is 1.85. The zero-order valence-electron chi connectivity index (χ0n) is 10.2. The average molecular weight is 313 g/mol. The number of hydrogen-bond donors (Lipinski definition) is 1. The molecule has 0 radical (unpaired) electrons. The lowest BCUT2D eigenvalue weighted by atomic mass is 10.1. The minimum absolute atomic E-state index is 0.257. The Morgan fingerprint density at radius 3 is 2.89 bits per heavy atom. The van der Waals surface area contributed by atoms with Crippen LogP contribution < -0.4 is 5.32 Å². The molecule has 0 saturated heterocycles. The summed E-state index contributed by atoms with van der Waals surface area (Å²) in [7, 11) is 1.79. The molecule has 1 N–H and O–H groups in total. The van der Waals surface area contributed by atoms with Crippen LogP contribution in [0.15, 0.2) is 29.0 Å². The first-order valence-corrected chi connectivity index (χ1v) is 6.45. The maximum Gasteiger partial charge on any atom is 0.148 e. The highest BCUT2D eigenvalue weighted by atomic mass is 79.9. The number of halogens is 2. The second-order valence-corrected chi connectivity index (χ2v) is 4.81. The molecule has 0 fully saturated rings. The number of nitrogens with zero attached hydrogens (tertiary/aromatic N) is 3. The van der Waals surface area contributed by atoms with E-state index in [1.165, 1.54) is 12.4 Å². The highest BCUT2D eigenvalue weighted by Gasteiger charge is 2.21. The Balaban J connectivity index is 2.48. The molecular weight excluding hydrogens is 299 g/mol. The predicted molar refractivity (Wildman–Crippen MR) is 70.6 cm³/mol. The van der Waals surface area contributed by atoms with Gasteiger partial charge in [0.25, 0.3) is 0 Å². The molecule has 1 aromatic heterocycles. The molecule has 96 valence electrons. The first-order valence-electron chi connectivity index (χ1n) is 5.65. The van der Waals surface area contributed by atoms with Crippen molar-refractivity contribution in [2.24, 2.45) is 7.05 Å². The van der Waals surface area contributed by atoms with Crippen LogP contribution in [0.2, 0.25) is 0 Å². The van der Waals surface area contributed by atoms with Crippen molar-refractivity contribution in [1.82, 2.24) is 20.1 Å². The third-order valence-electron chi connectivity index (χ3n) is 2.68. The van der Waals surface area contributed by atoms with E-state index in [4.69, 9.17) is 0 Å². The zero-order valence-corrected chi connectivity index (χ0v) is 11.8. The summed E-state index contributed by atoms with van der Waals surface area (Å²) in [6.45, 7) is 2.68. The molecule has 1 atom stereocenters. The van der Waals surface area contributed by atoms with Crippen molar-refractivity contribution in [3.63, 3.8) is 0 Å². The van der Waals surface area contributed by atoms with Crippen LogP contribution in [0.5, 0.6) is 0 Å². The molecule has 4 nitrogen and oxygen atoms in total. The molecular formula is C12H14BrFN4. The molecule has 18 heavy (non-hydrogen) atoms. The summed E-state index contributed by atoms with van der Waals surface area (Å²) in [6.07, 6.45) is 1.47. The van der Waals surface area contributed by atoms with Gasteiger partial charge < -0.3 is 5.32 Å². The van der Waals surface area contributed by atoms with Crippen LogP contribution in [0.3, 0.4) is 0 Å². The standard InChI is InChI=1S/C12H14BrFN4/c1-3-15-11(12-16-7-17-18(12)2)9-6-8(13)4-5-10(9)14/h4-7,11,15H,3H2,1-2H3. The smallest absolute Gasteiger partial charge is 0.148 e. The molecule has 0 aliphatic rings. The highest BCUT2D eigenvalue weighted by molar-refractivity contribution is 9.10. The molecule has 0 aliphatic heterocycles. The van der Waals surface area contributed by atoms with Gasteiger partial charge in [-0.05, 0) is 24.7 Å². The number of benzene rings is 1. The van der Waals surface area contributed by atoms with Crippen LogP contribution in [0.4, 0.5) is 4.39 Å². The Morgan fingerprint density at radius 2 is 2.28 bits per heavy atom. The van der Waals surface area contributed by atoms with E-state index in [0.717, 1.165) is 4.47 Å². The quantitative estimate of drug-likeness (QED) is 0.943. The highest BCUT2D eigenvalue weighted by Crippen LogP contribution is 2.25. The molecule has 1 aromatic carbocycles. The Morgan fingerprint density at radius 1 is 1.50 bits per heavy atom. The van der Waals surface area contributed by atoms with Crippen molar-refractivity contribution < 1.29 is 4.39 Å². The third-order valence-corrected chi connectivity index (χ3v) is 3.18. The van der Waals surface area contributed by atoms with Gasteiger partial charge in [-0.1, -0.05) is 22.9 Å². The number of rotatable bonds is 4. The van der Waals surface area contributed by atoms with Crippen LogP contribution in [0.25, 0.3) is 0 Å².